The zero-order valence-electron chi connectivity index (χ0n) is 7.35. The van der Waals surface area contributed by atoms with Crippen molar-refractivity contribution in [2.45, 2.75) is 20.8 Å². The maximum atomic E-state index is 4.47. The van der Waals surface area contributed by atoms with Crippen LogP contribution >= 0.6 is 11.8 Å². The van der Waals surface area contributed by atoms with Gasteiger partial charge in [0.15, 0.2) is 0 Å². The van der Waals surface area contributed by atoms with Gasteiger partial charge in [0, 0.05) is 14.2 Å². The Morgan fingerprint density at radius 1 is 1.18 bits per heavy atom. The SMILES string of the molecule is C.CCCSC.COCOC. The van der Waals surface area contributed by atoms with Crippen LogP contribution in [0, 0.1) is 0 Å². The molecule has 0 atom stereocenters. The van der Waals surface area contributed by atoms with Crippen molar-refractivity contribution in [1.29, 1.82) is 0 Å². The van der Waals surface area contributed by atoms with Gasteiger partial charge in [0.1, 0.15) is 6.79 Å². The van der Waals surface area contributed by atoms with E-state index in [0.29, 0.717) is 6.79 Å². The van der Waals surface area contributed by atoms with Crippen LogP contribution in [0.15, 0.2) is 0 Å². The van der Waals surface area contributed by atoms with Gasteiger partial charge in [0.25, 0.3) is 0 Å². The van der Waals surface area contributed by atoms with Gasteiger partial charge in [-0.05, 0) is 18.4 Å². The summed E-state index contributed by atoms with van der Waals surface area (Å²) in [6, 6.07) is 0. The van der Waals surface area contributed by atoms with Gasteiger partial charge < -0.3 is 9.47 Å². The van der Waals surface area contributed by atoms with Gasteiger partial charge in [-0.15, -0.1) is 0 Å². The summed E-state index contributed by atoms with van der Waals surface area (Å²) in [7, 11) is 3.17. The topological polar surface area (TPSA) is 18.5 Å². The van der Waals surface area contributed by atoms with Crippen molar-refractivity contribution in [3.8, 4) is 0 Å². The number of hydrogen-bond acceptors (Lipinski definition) is 3. The Morgan fingerprint density at radius 2 is 1.64 bits per heavy atom. The first-order valence-electron chi connectivity index (χ1n) is 3.30. The summed E-state index contributed by atoms with van der Waals surface area (Å²) in [4.78, 5) is 0. The van der Waals surface area contributed by atoms with Crippen molar-refractivity contribution in [1.82, 2.24) is 0 Å². The van der Waals surface area contributed by atoms with Crippen LogP contribution in [0.5, 0.6) is 0 Å². The highest BCUT2D eigenvalue weighted by Crippen LogP contribution is 1.91. The highest BCUT2D eigenvalue weighted by atomic mass is 32.2. The minimum atomic E-state index is 0. The monoisotopic (exact) mass is 182 g/mol. The fourth-order valence-corrected chi connectivity index (χ4v) is 0.730. The second kappa shape index (κ2) is 22.4. The van der Waals surface area contributed by atoms with Gasteiger partial charge in [-0.1, -0.05) is 14.4 Å². The maximum absolute atomic E-state index is 4.47. The van der Waals surface area contributed by atoms with E-state index in [4.69, 9.17) is 0 Å². The minimum absolute atomic E-state index is 0. The Labute approximate surface area is 75.7 Å². The first-order valence-corrected chi connectivity index (χ1v) is 4.69. The predicted octanol–water partition coefficient (Wildman–Crippen LogP) is 2.63. The van der Waals surface area contributed by atoms with Gasteiger partial charge in [-0.25, -0.2) is 0 Å². The molecular weight excluding hydrogens is 160 g/mol. The molecule has 11 heavy (non-hydrogen) atoms. The molecule has 0 amide bonds. The van der Waals surface area contributed by atoms with E-state index < -0.39 is 0 Å². The first kappa shape index (κ1) is 17.4. The average molecular weight is 182 g/mol. The molecule has 0 saturated carbocycles. The quantitative estimate of drug-likeness (QED) is 0.623. The zero-order chi connectivity index (χ0) is 8.24. The fraction of sp³-hybridized carbons (Fsp3) is 1.00. The first-order chi connectivity index (χ1) is 4.83. The molecule has 0 rings (SSSR count). The lowest BCUT2D eigenvalue weighted by Gasteiger charge is -1.87. The van der Waals surface area contributed by atoms with Crippen LogP contribution in [0.3, 0.4) is 0 Å². The number of methoxy groups -OCH3 is 2. The van der Waals surface area contributed by atoms with Crippen molar-refractivity contribution in [3.63, 3.8) is 0 Å². The molecule has 72 valence electrons. The van der Waals surface area contributed by atoms with Gasteiger partial charge in [-0.3, -0.25) is 0 Å². The van der Waals surface area contributed by atoms with Crippen molar-refractivity contribution in [2.75, 3.05) is 33.0 Å². The Bertz CT molecular complexity index is 33.1. The van der Waals surface area contributed by atoms with Crippen LogP contribution in [0.25, 0.3) is 0 Å². The molecule has 0 N–H and O–H groups in total. The standard InChI is InChI=1S/C4H10S.C3H8O2.CH4/c1-3-4-5-2;1-4-3-5-2;/h3-4H2,1-2H3;3H2,1-2H3;1H4. The molecule has 0 bridgehead atoms. The van der Waals surface area contributed by atoms with Gasteiger partial charge in [0.2, 0.25) is 0 Å². The summed E-state index contributed by atoms with van der Waals surface area (Å²) in [5.41, 5.74) is 0. The second-order valence-corrected chi connectivity index (χ2v) is 2.67. The minimum Gasteiger partial charge on any atom is -0.359 e. The van der Waals surface area contributed by atoms with E-state index in [1.165, 1.54) is 12.2 Å². The van der Waals surface area contributed by atoms with E-state index in [1.807, 2.05) is 11.8 Å². The third-order valence-electron chi connectivity index (χ3n) is 0.644. The Balaban J connectivity index is -0.000000107. The summed E-state index contributed by atoms with van der Waals surface area (Å²) in [6.45, 7) is 2.58. The summed E-state index contributed by atoms with van der Waals surface area (Å²) in [6.07, 6.45) is 3.44. The van der Waals surface area contributed by atoms with E-state index in [0.717, 1.165) is 0 Å². The average Bonchev–Trinajstić information content (AvgIpc) is 1.93. The number of hydrogen-bond donors (Lipinski definition) is 0. The summed E-state index contributed by atoms with van der Waals surface area (Å²) >= 11 is 1.90. The molecule has 0 spiro atoms. The zero-order valence-corrected chi connectivity index (χ0v) is 8.16. The normalized spacial score (nSPS) is 7.64. The third kappa shape index (κ3) is 38.5. The van der Waals surface area contributed by atoms with Gasteiger partial charge in [-0.2, -0.15) is 11.8 Å². The second-order valence-electron chi connectivity index (χ2n) is 1.69. The molecule has 0 aliphatic heterocycles. The lowest BCUT2D eigenvalue weighted by Crippen LogP contribution is -1.87. The molecule has 0 aromatic carbocycles. The fourth-order valence-electron chi connectivity index (χ4n) is 0.322. The van der Waals surface area contributed by atoms with Crippen molar-refractivity contribution < 1.29 is 9.47 Å². The van der Waals surface area contributed by atoms with E-state index in [9.17, 15) is 0 Å². The van der Waals surface area contributed by atoms with Gasteiger partial charge in [0.05, 0.1) is 0 Å². The Kier molecular flexibility index (Phi) is 35.5. The van der Waals surface area contributed by atoms with Crippen LogP contribution in [0.2, 0.25) is 0 Å². The smallest absolute Gasteiger partial charge is 0.145 e. The van der Waals surface area contributed by atoms with Crippen LogP contribution in [-0.2, 0) is 9.47 Å². The lowest BCUT2D eigenvalue weighted by atomic mass is 10.6. The van der Waals surface area contributed by atoms with Gasteiger partial charge >= 0.3 is 0 Å². The van der Waals surface area contributed by atoms with Crippen LogP contribution in [0.1, 0.15) is 20.8 Å². The Morgan fingerprint density at radius 3 is 1.64 bits per heavy atom. The highest BCUT2D eigenvalue weighted by Gasteiger charge is 1.67. The molecule has 0 aromatic heterocycles. The van der Waals surface area contributed by atoms with Crippen molar-refractivity contribution in [3.05, 3.63) is 0 Å². The number of rotatable bonds is 4. The highest BCUT2D eigenvalue weighted by molar-refractivity contribution is 7.98. The molecule has 0 radical (unpaired) electrons. The van der Waals surface area contributed by atoms with E-state index in [1.54, 1.807) is 14.2 Å². The summed E-state index contributed by atoms with van der Waals surface area (Å²) < 4.78 is 8.94. The summed E-state index contributed by atoms with van der Waals surface area (Å²) in [5, 5.41) is 0. The summed E-state index contributed by atoms with van der Waals surface area (Å²) in [5.74, 6) is 1.31. The van der Waals surface area contributed by atoms with E-state index >= 15 is 0 Å². The predicted molar refractivity (Wildman–Crippen MR) is 54.3 cm³/mol. The molecule has 0 heterocycles. The maximum Gasteiger partial charge on any atom is 0.145 e. The van der Waals surface area contributed by atoms with Crippen LogP contribution < -0.4 is 0 Å². The van der Waals surface area contributed by atoms with E-state index in [-0.39, 0.29) is 7.43 Å². The van der Waals surface area contributed by atoms with Crippen molar-refractivity contribution in [2.24, 2.45) is 0 Å². The third-order valence-corrected chi connectivity index (χ3v) is 1.46. The molecule has 0 aromatic rings. The van der Waals surface area contributed by atoms with Crippen LogP contribution in [-0.4, -0.2) is 33.0 Å². The molecule has 0 saturated heterocycles. The van der Waals surface area contributed by atoms with E-state index in [2.05, 4.69) is 22.7 Å². The molecule has 3 heteroatoms. The molecule has 2 nitrogen and oxygen atoms in total. The molecule has 0 fully saturated rings. The molecule has 0 unspecified atom stereocenters. The number of thioether (sulfide) groups is 1. The Hall–Kier alpha value is 0.270. The molecular formula is C8H22O2S. The number of ether oxygens (including phenoxy) is 2. The lowest BCUT2D eigenvalue weighted by molar-refractivity contribution is -0.00271. The molecule has 0 aliphatic rings. The molecule has 0 aliphatic carbocycles. The largest absolute Gasteiger partial charge is 0.359 e. The van der Waals surface area contributed by atoms with Crippen molar-refractivity contribution >= 4 is 11.8 Å². The van der Waals surface area contributed by atoms with Crippen LogP contribution in [0.4, 0.5) is 0 Å².